The minimum absolute atomic E-state index is 0.0171. The summed E-state index contributed by atoms with van der Waals surface area (Å²) < 4.78 is 36.4. The molecule has 3 aromatic rings. The summed E-state index contributed by atoms with van der Waals surface area (Å²) in [6.45, 7) is 9.07. The van der Waals surface area contributed by atoms with Crippen LogP contribution in [0.3, 0.4) is 0 Å². The first-order valence-corrected chi connectivity index (χ1v) is 16.0. The zero-order valence-electron chi connectivity index (χ0n) is 24.3. The first-order valence-electron chi connectivity index (χ1n) is 14.5. The Morgan fingerprint density at radius 2 is 1.70 bits per heavy atom. The summed E-state index contributed by atoms with van der Waals surface area (Å²) in [5.41, 5.74) is 4.80. The first-order chi connectivity index (χ1) is 19.1. The van der Waals surface area contributed by atoms with Gasteiger partial charge in [-0.15, -0.1) is 0 Å². The smallest absolute Gasteiger partial charge is 0.264 e. The summed E-state index contributed by atoms with van der Waals surface area (Å²) in [5, 5.41) is 3.45. The SMILES string of the molecule is CNC1CCC(C2c3cccc(c3)S(=O)(=O)Nc3nc(cc(-c4c(C)cccc4C)n3)OC[C@H]2CC(C)C)CC1. The second kappa shape index (κ2) is 11.9. The minimum atomic E-state index is -3.91. The molecule has 7 nitrogen and oxygen atoms in total. The van der Waals surface area contributed by atoms with Crippen molar-refractivity contribution in [3.63, 3.8) is 0 Å². The Morgan fingerprint density at radius 3 is 2.38 bits per heavy atom. The van der Waals surface area contributed by atoms with Crippen LogP contribution in [-0.4, -0.2) is 38.1 Å². The predicted octanol–water partition coefficient (Wildman–Crippen LogP) is 6.48. The van der Waals surface area contributed by atoms with Crippen LogP contribution in [0.15, 0.2) is 53.4 Å². The molecule has 5 rings (SSSR count). The first kappa shape index (κ1) is 28.6. The fraction of sp³-hybridized carbons (Fsp3) is 0.500. The summed E-state index contributed by atoms with van der Waals surface area (Å²) in [7, 11) is -1.87. The highest BCUT2D eigenvalue weighted by atomic mass is 32.2. The summed E-state index contributed by atoms with van der Waals surface area (Å²) in [6, 6.07) is 16.0. The fourth-order valence-corrected chi connectivity index (χ4v) is 7.77. The fourth-order valence-electron chi connectivity index (χ4n) is 6.77. The molecule has 1 aliphatic heterocycles. The number of hydrogen-bond acceptors (Lipinski definition) is 6. The summed E-state index contributed by atoms with van der Waals surface area (Å²) in [6.07, 6.45) is 5.44. The molecule has 2 heterocycles. The lowest BCUT2D eigenvalue weighted by Crippen LogP contribution is -2.35. The molecule has 1 unspecified atom stereocenters. The van der Waals surface area contributed by atoms with Gasteiger partial charge < -0.3 is 10.1 Å². The van der Waals surface area contributed by atoms with E-state index in [1.54, 1.807) is 6.07 Å². The molecule has 0 spiro atoms. The maximum atomic E-state index is 13.7. The van der Waals surface area contributed by atoms with Gasteiger partial charge in [-0.25, -0.2) is 18.1 Å². The van der Waals surface area contributed by atoms with Crippen LogP contribution in [0.2, 0.25) is 0 Å². The normalized spacial score (nSPS) is 24.4. The number of nitrogens with zero attached hydrogens (tertiary/aromatic N) is 2. The third-order valence-electron chi connectivity index (χ3n) is 8.63. The number of aromatic nitrogens is 2. The number of rotatable bonds is 5. The molecule has 8 heteroatoms. The minimum Gasteiger partial charge on any atom is -0.477 e. The Balaban J connectivity index is 1.62. The summed E-state index contributed by atoms with van der Waals surface area (Å²) in [4.78, 5) is 9.41. The molecule has 1 aromatic heterocycles. The van der Waals surface area contributed by atoms with E-state index in [-0.39, 0.29) is 22.7 Å². The number of aryl methyl sites for hydroxylation is 2. The Morgan fingerprint density at radius 1 is 1.00 bits per heavy atom. The lowest BCUT2D eigenvalue weighted by molar-refractivity contribution is 0.144. The van der Waals surface area contributed by atoms with Crippen molar-refractivity contribution in [2.24, 2.45) is 17.8 Å². The number of anilines is 1. The third-order valence-corrected chi connectivity index (χ3v) is 9.96. The Labute approximate surface area is 239 Å². The quantitative estimate of drug-likeness (QED) is 0.370. The molecule has 2 aromatic carbocycles. The molecule has 2 N–H and O–H groups in total. The average Bonchev–Trinajstić information content (AvgIpc) is 2.91. The van der Waals surface area contributed by atoms with Crippen molar-refractivity contribution in [3.05, 3.63) is 65.2 Å². The molecule has 40 heavy (non-hydrogen) atoms. The van der Waals surface area contributed by atoms with E-state index in [1.807, 2.05) is 57.3 Å². The molecule has 4 bridgehead atoms. The van der Waals surface area contributed by atoms with E-state index in [4.69, 9.17) is 4.74 Å². The maximum absolute atomic E-state index is 13.7. The van der Waals surface area contributed by atoms with E-state index in [0.717, 1.165) is 54.4 Å². The number of nitrogens with one attached hydrogen (secondary N) is 2. The van der Waals surface area contributed by atoms with Crippen molar-refractivity contribution < 1.29 is 13.2 Å². The van der Waals surface area contributed by atoms with Crippen molar-refractivity contribution in [3.8, 4) is 17.1 Å². The molecule has 1 fully saturated rings. The number of benzene rings is 2. The van der Waals surface area contributed by atoms with Crippen LogP contribution in [0.5, 0.6) is 5.88 Å². The van der Waals surface area contributed by atoms with Gasteiger partial charge in [-0.1, -0.05) is 44.2 Å². The molecular formula is C32H42N4O3S. The molecule has 2 aliphatic rings. The van der Waals surface area contributed by atoms with Gasteiger partial charge in [-0.3, -0.25) is 0 Å². The number of fused-ring (bicyclic) bond motifs is 4. The van der Waals surface area contributed by atoms with Crippen LogP contribution < -0.4 is 14.8 Å². The van der Waals surface area contributed by atoms with Gasteiger partial charge in [0.05, 0.1) is 17.2 Å². The molecule has 0 amide bonds. The van der Waals surface area contributed by atoms with Gasteiger partial charge in [0.15, 0.2) is 0 Å². The molecule has 1 saturated carbocycles. The van der Waals surface area contributed by atoms with Crippen molar-refractivity contribution in [1.29, 1.82) is 0 Å². The molecule has 2 atom stereocenters. The van der Waals surface area contributed by atoms with Crippen molar-refractivity contribution in [1.82, 2.24) is 15.3 Å². The van der Waals surface area contributed by atoms with Crippen LogP contribution in [0.4, 0.5) is 5.95 Å². The van der Waals surface area contributed by atoms with Crippen molar-refractivity contribution in [2.75, 3.05) is 18.4 Å². The Hall–Kier alpha value is -2.97. The van der Waals surface area contributed by atoms with Gasteiger partial charge in [-0.2, -0.15) is 4.98 Å². The Bertz CT molecular complexity index is 1430. The van der Waals surface area contributed by atoms with E-state index in [9.17, 15) is 8.42 Å². The lowest BCUT2D eigenvalue weighted by Gasteiger charge is -2.39. The second-order valence-electron chi connectivity index (χ2n) is 12.0. The topological polar surface area (TPSA) is 93.2 Å². The third kappa shape index (κ3) is 6.18. The van der Waals surface area contributed by atoms with Crippen LogP contribution in [0, 0.1) is 31.6 Å². The largest absolute Gasteiger partial charge is 0.477 e. The number of sulfonamides is 1. The zero-order chi connectivity index (χ0) is 28.4. The van der Waals surface area contributed by atoms with E-state index < -0.39 is 10.0 Å². The average molecular weight is 563 g/mol. The van der Waals surface area contributed by atoms with Crippen LogP contribution in [0.25, 0.3) is 11.3 Å². The van der Waals surface area contributed by atoms with E-state index in [1.165, 1.54) is 0 Å². The van der Waals surface area contributed by atoms with Crippen LogP contribution in [-0.2, 0) is 10.0 Å². The summed E-state index contributed by atoms with van der Waals surface area (Å²) in [5.74, 6) is 1.73. The standard InChI is InChI=1S/C32H42N4O3S/c1-20(2)16-25-19-39-29-18-28(30-21(3)8-6-9-22(30)4)34-32(35-29)36-40(37,38)27-11-7-10-24(17-27)31(25)23-12-14-26(33-5)15-13-23/h6-11,17-18,20,23,25-26,31,33H,12-16,19H2,1-5H3,(H,34,35,36)/t23?,25-,26?,31?/m1/s1. The molecule has 1 aliphatic carbocycles. The summed E-state index contributed by atoms with van der Waals surface area (Å²) >= 11 is 0. The van der Waals surface area contributed by atoms with E-state index in [2.05, 4.69) is 39.9 Å². The maximum Gasteiger partial charge on any atom is 0.264 e. The highest BCUT2D eigenvalue weighted by molar-refractivity contribution is 7.92. The lowest BCUT2D eigenvalue weighted by atomic mass is 9.68. The monoisotopic (exact) mass is 562 g/mol. The molecule has 214 valence electrons. The molecular weight excluding hydrogens is 520 g/mol. The molecule has 0 radical (unpaired) electrons. The van der Waals surface area contributed by atoms with Crippen molar-refractivity contribution in [2.45, 2.75) is 76.7 Å². The van der Waals surface area contributed by atoms with Gasteiger partial charge in [0.2, 0.25) is 11.8 Å². The predicted molar refractivity (Wildman–Crippen MR) is 160 cm³/mol. The molecule has 0 saturated heterocycles. The van der Waals surface area contributed by atoms with Gasteiger partial charge in [0.1, 0.15) is 0 Å². The van der Waals surface area contributed by atoms with Crippen LogP contribution in [0.1, 0.15) is 68.6 Å². The second-order valence-corrected chi connectivity index (χ2v) is 13.7. The highest BCUT2D eigenvalue weighted by Gasteiger charge is 2.35. The van der Waals surface area contributed by atoms with Crippen LogP contribution >= 0.6 is 0 Å². The van der Waals surface area contributed by atoms with Gasteiger partial charge in [0, 0.05) is 23.6 Å². The van der Waals surface area contributed by atoms with Gasteiger partial charge >= 0.3 is 0 Å². The Kier molecular flexibility index (Phi) is 8.47. The van der Waals surface area contributed by atoms with Gasteiger partial charge in [0.25, 0.3) is 10.0 Å². The van der Waals surface area contributed by atoms with E-state index in [0.29, 0.717) is 36.1 Å². The zero-order valence-corrected chi connectivity index (χ0v) is 25.1. The van der Waals surface area contributed by atoms with Gasteiger partial charge in [-0.05, 0) is 99.6 Å². The number of hydrogen-bond donors (Lipinski definition) is 2. The number of ether oxygens (including phenoxy) is 1. The van der Waals surface area contributed by atoms with Crippen molar-refractivity contribution >= 4 is 16.0 Å². The van der Waals surface area contributed by atoms with E-state index >= 15 is 0 Å². The highest BCUT2D eigenvalue weighted by Crippen LogP contribution is 2.44.